The van der Waals surface area contributed by atoms with E-state index in [1.54, 1.807) is 10.9 Å². The van der Waals surface area contributed by atoms with Crippen molar-refractivity contribution in [3.8, 4) is 0 Å². The maximum absolute atomic E-state index is 13.6. The Hall–Kier alpha value is -1.71. The summed E-state index contributed by atoms with van der Waals surface area (Å²) in [5, 5.41) is 8.37. The van der Waals surface area contributed by atoms with Gasteiger partial charge in [-0.1, -0.05) is 10.5 Å². The molecular weight excluding hydrogens is 383 g/mol. The minimum absolute atomic E-state index is 0.157. The highest BCUT2D eigenvalue weighted by atomic mass is 32.2. The van der Waals surface area contributed by atoms with Crippen molar-refractivity contribution in [3.63, 3.8) is 0 Å². The summed E-state index contributed by atoms with van der Waals surface area (Å²) in [6.07, 6.45) is 10.1. The van der Waals surface area contributed by atoms with Gasteiger partial charge in [0.25, 0.3) is 0 Å². The van der Waals surface area contributed by atoms with Gasteiger partial charge < -0.3 is 5.32 Å². The average molecular weight is 405 g/mol. The molecule has 3 aliphatic rings. The third-order valence-corrected chi connectivity index (χ3v) is 6.66. The SMILES string of the molecule is Cn1cc(SC2=NC(Nc3c4c(cc5c3CCC5)CCC4)N(SF)N2)cn1. The first-order valence-corrected chi connectivity index (χ1v) is 10.7. The fraction of sp³-hybridized carbons (Fsp3) is 0.444. The van der Waals surface area contributed by atoms with E-state index in [0.29, 0.717) is 5.17 Å². The van der Waals surface area contributed by atoms with Crippen LogP contribution in [0.25, 0.3) is 0 Å². The quantitative estimate of drug-likeness (QED) is 0.760. The minimum atomic E-state index is -0.476. The normalized spacial score (nSPS) is 21.1. The number of nitrogens with zero attached hydrogens (tertiary/aromatic N) is 4. The Morgan fingerprint density at radius 2 is 1.93 bits per heavy atom. The van der Waals surface area contributed by atoms with Gasteiger partial charge in [0.2, 0.25) is 6.29 Å². The maximum atomic E-state index is 13.6. The first kappa shape index (κ1) is 17.4. The van der Waals surface area contributed by atoms with Gasteiger partial charge >= 0.3 is 0 Å². The van der Waals surface area contributed by atoms with Crippen LogP contribution < -0.4 is 10.7 Å². The lowest BCUT2D eigenvalue weighted by atomic mass is 9.99. The van der Waals surface area contributed by atoms with Gasteiger partial charge in [0.05, 0.1) is 11.1 Å². The Kier molecular flexibility index (Phi) is 4.53. The van der Waals surface area contributed by atoms with Crippen LogP contribution in [0.3, 0.4) is 0 Å². The number of aryl methyl sites for hydroxylation is 3. The lowest BCUT2D eigenvalue weighted by Crippen LogP contribution is -2.38. The number of halogens is 1. The molecule has 142 valence electrons. The summed E-state index contributed by atoms with van der Waals surface area (Å²) in [5.41, 5.74) is 9.96. The standard InChI is InChI=1S/C18H21FN6S2/c1-24-10-13(9-20-24)26-18-22-17(25(23-18)27-19)21-16-14-6-2-4-11(14)8-12-5-3-7-15(12)16/h8-10,17,21H,2-7H2,1H3,(H,22,23). The molecule has 1 aromatic heterocycles. The number of hydrogen-bond acceptors (Lipinski definition) is 7. The average Bonchev–Trinajstić information content (AvgIpc) is 3.42. The molecule has 27 heavy (non-hydrogen) atoms. The summed E-state index contributed by atoms with van der Waals surface area (Å²) in [5.74, 6) is 0. The van der Waals surface area contributed by atoms with E-state index in [1.807, 2.05) is 13.2 Å². The van der Waals surface area contributed by atoms with Crippen LogP contribution in [0.5, 0.6) is 0 Å². The van der Waals surface area contributed by atoms with Crippen LogP contribution in [0, 0.1) is 0 Å². The topological polar surface area (TPSA) is 57.5 Å². The van der Waals surface area contributed by atoms with Crippen molar-refractivity contribution in [2.24, 2.45) is 12.0 Å². The van der Waals surface area contributed by atoms with E-state index >= 15 is 0 Å². The molecule has 1 aromatic carbocycles. The number of hydrazine groups is 1. The number of rotatable bonds is 4. The molecule has 1 unspecified atom stereocenters. The fourth-order valence-electron chi connectivity index (χ4n) is 4.23. The molecular formula is C18H21FN6S2. The summed E-state index contributed by atoms with van der Waals surface area (Å²) in [4.78, 5) is 5.64. The number of hydrogen-bond donors (Lipinski definition) is 2. The maximum Gasteiger partial charge on any atom is 0.208 e. The van der Waals surface area contributed by atoms with Crippen LogP contribution in [0.1, 0.15) is 35.1 Å². The highest BCUT2D eigenvalue weighted by Gasteiger charge is 2.31. The highest BCUT2D eigenvalue weighted by Crippen LogP contribution is 2.39. The summed E-state index contributed by atoms with van der Waals surface area (Å²) in [7, 11) is 1.87. The predicted octanol–water partition coefficient (Wildman–Crippen LogP) is 3.59. The van der Waals surface area contributed by atoms with Gasteiger partial charge in [-0.3, -0.25) is 10.1 Å². The van der Waals surface area contributed by atoms with Crippen molar-refractivity contribution in [1.29, 1.82) is 0 Å². The van der Waals surface area contributed by atoms with Gasteiger partial charge in [0.15, 0.2) is 17.5 Å². The Morgan fingerprint density at radius 1 is 1.19 bits per heavy atom. The van der Waals surface area contributed by atoms with E-state index in [4.69, 9.17) is 0 Å². The van der Waals surface area contributed by atoms with Gasteiger partial charge in [0, 0.05) is 18.9 Å². The zero-order chi connectivity index (χ0) is 18.4. The number of nitrogens with one attached hydrogen (secondary N) is 2. The molecule has 0 spiro atoms. The first-order valence-electron chi connectivity index (χ1n) is 9.23. The van der Waals surface area contributed by atoms with Crippen LogP contribution in [0.15, 0.2) is 28.3 Å². The summed E-state index contributed by atoms with van der Waals surface area (Å²) >= 11 is 1.61. The van der Waals surface area contributed by atoms with Crippen molar-refractivity contribution in [3.05, 3.63) is 40.7 Å². The smallest absolute Gasteiger partial charge is 0.208 e. The Morgan fingerprint density at radius 3 is 2.56 bits per heavy atom. The van der Waals surface area contributed by atoms with E-state index in [9.17, 15) is 3.89 Å². The fourth-order valence-corrected chi connectivity index (χ4v) is 5.40. The van der Waals surface area contributed by atoms with Crippen LogP contribution in [0.4, 0.5) is 9.57 Å². The lowest BCUT2D eigenvalue weighted by Gasteiger charge is -2.23. The third-order valence-electron chi connectivity index (χ3n) is 5.38. The van der Waals surface area contributed by atoms with E-state index < -0.39 is 6.29 Å². The molecule has 1 atom stereocenters. The predicted molar refractivity (Wildman–Crippen MR) is 108 cm³/mol. The van der Waals surface area contributed by atoms with E-state index in [2.05, 4.69) is 26.9 Å². The largest absolute Gasteiger partial charge is 0.349 e. The monoisotopic (exact) mass is 404 g/mol. The third kappa shape index (κ3) is 3.21. The molecule has 6 nitrogen and oxygen atoms in total. The number of thioether (sulfide) groups is 1. The van der Waals surface area contributed by atoms with Gasteiger partial charge in [-0.2, -0.15) is 5.10 Å². The molecule has 0 fully saturated rings. The second-order valence-corrected chi connectivity index (χ2v) is 8.74. The molecule has 0 saturated carbocycles. The van der Waals surface area contributed by atoms with Crippen molar-refractivity contribution in [1.82, 2.24) is 19.6 Å². The second-order valence-electron chi connectivity index (χ2n) is 7.14. The number of anilines is 1. The van der Waals surface area contributed by atoms with Gasteiger partial charge in [-0.15, -0.1) is 3.89 Å². The van der Waals surface area contributed by atoms with Gasteiger partial charge in [0.1, 0.15) is 0 Å². The molecule has 1 aliphatic heterocycles. The van der Waals surface area contributed by atoms with Crippen molar-refractivity contribution < 1.29 is 3.89 Å². The number of fused-ring (bicyclic) bond motifs is 2. The molecule has 9 heteroatoms. The number of aromatic nitrogens is 2. The first-order chi connectivity index (χ1) is 13.2. The number of benzene rings is 1. The number of aliphatic imine (C=N–C) groups is 1. The molecule has 2 aliphatic carbocycles. The molecule has 2 aromatic rings. The van der Waals surface area contributed by atoms with E-state index in [0.717, 1.165) is 30.6 Å². The van der Waals surface area contributed by atoms with Gasteiger partial charge in [-0.25, -0.2) is 4.99 Å². The summed E-state index contributed by atoms with van der Waals surface area (Å²) < 4.78 is 16.7. The van der Waals surface area contributed by atoms with Crippen molar-refractivity contribution in [2.45, 2.75) is 49.7 Å². The van der Waals surface area contributed by atoms with E-state index in [-0.39, 0.29) is 12.3 Å². The summed E-state index contributed by atoms with van der Waals surface area (Å²) in [6, 6.07) is 2.40. The van der Waals surface area contributed by atoms with Crippen molar-refractivity contribution in [2.75, 3.05) is 5.32 Å². The Balaban J connectivity index is 1.43. The Labute approximate surface area is 166 Å². The van der Waals surface area contributed by atoms with Crippen LogP contribution >= 0.6 is 24.1 Å². The summed E-state index contributed by atoms with van der Waals surface area (Å²) in [6.45, 7) is 0. The molecule has 0 amide bonds. The molecule has 2 N–H and O–H groups in total. The zero-order valence-corrected chi connectivity index (χ0v) is 16.7. The Bertz CT molecular complexity index is 879. The minimum Gasteiger partial charge on any atom is -0.349 e. The highest BCUT2D eigenvalue weighted by molar-refractivity contribution is 8.14. The number of amidine groups is 1. The van der Waals surface area contributed by atoms with Crippen LogP contribution in [-0.2, 0) is 32.7 Å². The lowest BCUT2D eigenvalue weighted by molar-refractivity contribution is 0.382. The van der Waals surface area contributed by atoms with Crippen LogP contribution in [-0.4, -0.2) is 25.7 Å². The zero-order valence-electron chi connectivity index (χ0n) is 15.0. The molecule has 0 radical (unpaired) electrons. The molecule has 2 heterocycles. The molecule has 5 rings (SSSR count). The van der Waals surface area contributed by atoms with E-state index in [1.165, 1.54) is 57.0 Å². The molecule has 0 saturated heterocycles. The second kappa shape index (κ2) is 7.03. The van der Waals surface area contributed by atoms with Gasteiger partial charge in [-0.05, 0) is 72.5 Å². The van der Waals surface area contributed by atoms with Crippen molar-refractivity contribution >= 4 is 35.0 Å². The molecule has 0 bridgehead atoms. The van der Waals surface area contributed by atoms with Crippen LogP contribution in [0.2, 0.25) is 0 Å².